The van der Waals surface area contributed by atoms with Crippen LogP contribution in [0.1, 0.15) is 25.7 Å². The van der Waals surface area contributed by atoms with Gasteiger partial charge in [-0.2, -0.15) is 4.99 Å². The van der Waals surface area contributed by atoms with Gasteiger partial charge in [0.05, 0.1) is 15.8 Å². The summed E-state index contributed by atoms with van der Waals surface area (Å²) in [6.07, 6.45) is 4.80. The molecule has 1 aromatic rings. The molecule has 2 rings (SSSR count). The zero-order valence-electron chi connectivity index (χ0n) is 9.30. The van der Waals surface area contributed by atoms with Crippen molar-refractivity contribution < 1.29 is 13.2 Å². The predicted octanol–water partition coefficient (Wildman–Crippen LogP) is 2.37. The van der Waals surface area contributed by atoms with Crippen LogP contribution in [0.25, 0.3) is 0 Å². The van der Waals surface area contributed by atoms with Gasteiger partial charge in [-0.25, -0.2) is 13.2 Å². The van der Waals surface area contributed by atoms with Crippen molar-refractivity contribution in [3.8, 4) is 0 Å². The van der Waals surface area contributed by atoms with Crippen molar-refractivity contribution in [3.63, 3.8) is 0 Å². The minimum Gasteiger partial charge on any atom is -0.223 e. The minimum absolute atomic E-state index is 0.251. The van der Waals surface area contributed by atoms with Crippen LogP contribution < -0.4 is 0 Å². The number of carbonyl (C=O) groups excluding carboxylic acids is 1. The van der Waals surface area contributed by atoms with Gasteiger partial charge in [0.1, 0.15) is 0 Å². The van der Waals surface area contributed by atoms with Crippen LogP contribution in [0.4, 0.5) is 5.69 Å². The maximum absolute atomic E-state index is 12.3. The average Bonchev–Trinajstić information content (AvgIpc) is 2.84. The number of isocyanates is 1. The average molecular weight is 251 g/mol. The highest BCUT2D eigenvalue weighted by atomic mass is 32.2. The predicted molar refractivity (Wildman–Crippen MR) is 63.7 cm³/mol. The van der Waals surface area contributed by atoms with E-state index in [4.69, 9.17) is 0 Å². The Hall–Kier alpha value is -1.45. The fourth-order valence-electron chi connectivity index (χ4n) is 2.17. The third-order valence-electron chi connectivity index (χ3n) is 3.06. The first-order chi connectivity index (χ1) is 8.14. The second-order valence-corrected chi connectivity index (χ2v) is 6.38. The SMILES string of the molecule is O=C=Nc1cccc(S(=O)(=O)C2CCCC2)c1. The summed E-state index contributed by atoms with van der Waals surface area (Å²) in [4.78, 5) is 13.8. The van der Waals surface area contributed by atoms with Gasteiger partial charge in [-0.3, -0.25) is 0 Å². The molecule has 0 atom stereocenters. The van der Waals surface area contributed by atoms with Crippen LogP contribution in [0, 0.1) is 0 Å². The van der Waals surface area contributed by atoms with Gasteiger partial charge in [0, 0.05) is 0 Å². The molecule has 0 aliphatic heterocycles. The quantitative estimate of drug-likeness (QED) is 0.612. The van der Waals surface area contributed by atoms with Crippen molar-refractivity contribution in [2.45, 2.75) is 35.8 Å². The molecule has 0 aromatic heterocycles. The van der Waals surface area contributed by atoms with Crippen molar-refractivity contribution in [1.29, 1.82) is 0 Å². The lowest BCUT2D eigenvalue weighted by atomic mass is 10.3. The number of benzene rings is 1. The smallest absolute Gasteiger partial charge is 0.223 e. The Morgan fingerprint density at radius 3 is 2.59 bits per heavy atom. The van der Waals surface area contributed by atoms with E-state index in [2.05, 4.69) is 4.99 Å². The summed E-state index contributed by atoms with van der Waals surface area (Å²) in [7, 11) is -3.27. The number of hydrogen-bond acceptors (Lipinski definition) is 4. The third-order valence-corrected chi connectivity index (χ3v) is 5.32. The maximum atomic E-state index is 12.3. The van der Waals surface area contributed by atoms with Crippen LogP contribution in [0.2, 0.25) is 0 Å². The van der Waals surface area contributed by atoms with Crippen LogP contribution >= 0.6 is 0 Å². The standard InChI is InChI=1S/C12H13NO3S/c14-9-13-10-4-3-7-12(8-10)17(15,16)11-5-1-2-6-11/h3-4,7-8,11H,1-2,5-6H2. The Balaban J connectivity index is 2.38. The molecule has 17 heavy (non-hydrogen) atoms. The van der Waals surface area contributed by atoms with Crippen molar-refractivity contribution in [3.05, 3.63) is 24.3 Å². The van der Waals surface area contributed by atoms with Gasteiger partial charge >= 0.3 is 0 Å². The second kappa shape index (κ2) is 4.82. The Labute approximate surface area is 100 Å². The number of aliphatic imine (C=N–C) groups is 1. The van der Waals surface area contributed by atoms with E-state index in [-0.39, 0.29) is 10.1 Å². The van der Waals surface area contributed by atoms with Gasteiger partial charge < -0.3 is 0 Å². The molecule has 5 heteroatoms. The van der Waals surface area contributed by atoms with E-state index in [1.54, 1.807) is 18.2 Å². The van der Waals surface area contributed by atoms with E-state index in [9.17, 15) is 13.2 Å². The molecular weight excluding hydrogens is 238 g/mol. The van der Waals surface area contributed by atoms with Crippen molar-refractivity contribution in [2.24, 2.45) is 4.99 Å². The Kier molecular flexibility index (Phi) is 3.41. The summed E-state index contributed by atoms with van der Waals surface area (Å²) >= 11 is 0. The second-order valence-electron chi connectivity index (χ2n) is 4.15. The highest BCUT2D eigenvalue weighted by Crippen LogP contribution is 2.30. The lowest BCUT2D eigenvalue weighted by molar-refractivity contribution is 0.565. The van der Waals surface area contributed by atoms with Crippen LogP contribution in [0.5, 0.6) is 0 Å². The lowest BCUT2D eigenvalue weighted by Gasteiger charge is -2.10. The first-order valence-corrected chi connectivity index (χ1v) is 7.11. The van der Waals surface area contributed by atoms with Crippen LogP contribution in [0.3, 0.4) is 0 Å². The monoisotopic (exact) mass is 251 g/mol. The Bertz CT molecular complexity index is 553. The normalized spacial score (nSPS) is 16.7. The van der Waals surface area contributed by atoms with E-state index in [0.717, 1.165) is 25.7 Å². The highest BCUT2D eigenvalue weighted by molar-refractivity contribution is 7.92. The number of nitrogens with zero attached hydrogens (tertiary/aromatic N) is 1. The van der Waals surface area contributed by atoms with Crippen molar-refractivity contribution in [1.82, 2.24) is 0 Å². The zero-order valence-corrected chi connectivity index (χ0v) is 10.1. The first-order valence-electron chi connectivity index (χ1n) is 5.56. The van der Waals surface area contributed by atoms with E-state index < -0.39 is 9.84 Å². The molecule has 0 unspecified atom stereocenters. The zero-order chi connectivity index (χ0) is 12.3. The molecule has 1 aliphatic rings. The Morgan fingerprint density at radius 2 is 1.94 bits per heavy atom. The van der Waals surface area contributed by atoms with Gasteiger partial charge in [0.25, 0.3) is 0 Å². The maximum Gasteiger partial charge on any atom is 0.240 e. The molecular formula is C12H13NO3S. The fourth-order valence-corrected chi connectivity index (χ4v) is 4.07. The highest BCUT2D eigenvalue weighted by Gasteiger charge is 2.30. The van der Waals surface area contributed by atoms with Gasteiger partial charge in [-0.15, -0.1) is 0 Å². The molecule has 1 saturated carbocycles. The number of hydrogen-bond donors (Lipinski definition) is 0. The summed E-state index contributed by atoms with van der Waals surface area (Å²) in [5.74, 6) is 0. The number of rotatable bonds is 3. The fraction of sp³-hybridized carbons (Fsp3) is 0.417. The molecule has 4 nitrogen and oxygen atoms in total. The minimum atomic E-state index is -3.27. The molecule has 0 radical (unpaired) electrons. The molecule has 0 spiro atoms. The topological polar surface area (TPSA) is 63.6 Å². The summed E-state index contributed by atoms with van der Waals surface area (Å²) in [5.41, 5.74) is 0.332. The Morgan fingerprint density at radius 1 is 1.24 bits per heavy atom. The van der Waals surface area contributed by atoms with Crippen LogP contribution in [0.15, 0.2) is 34.2 Å². The molecule has 1 aliphatic carbocycles. The third kappa shape index (κ3) is 2.46. The van der Waals surface area contributed by atoms with E-state index in [1.165, 1.54) is 12.1 Å². The summed E-state index contributed by atoms with van der Waals surface area (Å²) < 4.78 is 24.5. The molecule has 1 aromatic carbocycles. The van der Waals surface area contributed by atoms with Crippen LogP contribution in [-0.4, -0.2) is 19.7 Å². The summed E-state index contributed by atoms with van der Waals surface area (Å²) in [6, 6.07) is 6.16. The molecule has 0 N–H and O–H groups in total. The molecule has 0 saturated heterocycles. The van der Waals surface area contributed by atoms with Crippen molar-refractivity contribution >= 4 is 21.6 Å². The largest absolute Gasteiger partial charge is 0.240 e. The molecule has 0 heterocycles. The van der Waals surface area contributed by atoms with E-state index in [0.29, 0.717) is 5.69 Å². The lowest BCUT2D eigenvalue weighted by Crippen LogP contribution is -2.17. The van der Waals surface area contributed by atoms with Crippen LogP contribution in [-0.2, 0) is 14.6 Å². The molecule has 90 valence electrons. The van der Waals surface area contributed by atoms with Gasteiger partial charge in [0.15, 0.2) is 9.84 Å². The molecule has 0 bridgehead atoms. The van der Waals surface area contributed by atoms with Gasteiger partial charge in [-0.05, 0) is 31.0 Å². The number of sulfone groups is 1. The van der Waals surface area contributed by atoms with Gasteiger partial charge in [-0.1, -0.05) is 18.9 Å². The first kappa shape index (κ1) is 12.0. The molecule has 1 fully saturated rings. The van der Waals surface area contributed by atoms with Crippen molar-refractivity contribution in [2.75, 3.05) is 0 Å². The van der Waals surface area contributed by atoms with Gasteiger partial charge in [0.2, 0.25) is 6.08 Å². The van der Waals surface area contributed by atoms with E-state index >= 15 is 0 Å². The summed E-state index contributed by atoms with van der Waals surface area (Å²) in [5, 5.41) is -0.280. The van der Waals surface area contributed by atoms with E-state index in [1.807, 2.05) is 0 Å². The summed E-state index contributed by atoms with van der Waals surface area (Å²) in [6.45, 7) is 0. The molecule has 0 amide bonds.